The summed E-state index contributed by atoms with van der Waals surface area (Å²) < 4.78 is 5.08. The van der Waals surface area contributed by atoms with Crippen molar-refractivity contribution in [2.45, 2.75) is 26.3 Å². The Morgan fingerprint density at radius 3 is 2.38 bits per heavy atom. The highest BCUT2D eigenvalue weighted by Gasteiger charge is 2.12. The molecule has 0 saturated heterocycles. The summed E-state index contributed by atoms with van der Waals surface area (Å²) in [6.45, 7) is 3.82. The van der Waals surface area contributed by atoms with E-state index in [4.69, 9.17) is 9.84 Å². The molecule has 0 bridgehead atoms. The monoisotopic (exact) mass is 294 g/mol. The molecule has 0 aliphatic heterocycles. The summed E-state index contributed by atoms with van der Waals surface area (Å²) in [5, 5.41) is 14.2. The minimum Gasteiger partial charge on any atom is -0.497 e. The summed E-state index contributed by atoms with van der Waals surface area (Å²) in [6, 6.07) is 6.98. The van der Waals surface area contributed by atoms with Crippen molar-refractivity contribution in [1.29, 1.82) is 0 Å². The third-order valence-electron chi connectivity index (χ3n) is 3.25. The fraction of sp³-hybridized carbons (Fsp3) is 0.467. The second-order valence-corrected chi connectivity index (χ2v) is 4.92. The van der Waals surface area contributed by atoms with Gasteiger partial charge in [-0.2, -0.15) is 0 Å². The Morgan fingerprint density at radius 2 is 1.86 bits per heavy atom. The number of rotatable bonds is 7. The molecule has 0 aliphatic rings. The molecule has 0 spiro atoms. The Bertz CT molecular complexity index is 473. The van der Waals surface area contributed by atoms with Gasteiger partial charge in [0.1, 0.15) is 5.75 Å². The smallest absolute Gasteiger partial charge is 0.315 e. The summed E-state index contributed by atoms with van der Waals surface area (Å²) in [5.74, 6) is -0.564. The molecule has 3 N–H and O–H groups in total. The molecule has 2 unspecified atom stereocenters. The molecule has 2 amide bonds. The molecule has 0 saturated carbocycles. The molecule has 6 heteroatoms. The first-order valence-corrected chi connectivity index (χ1v) is 6.85. The second-order valence-electron chi connectivity index (χ2n) is 4.92. The average molecular weight is 294 g/mol. The van der Waals surface area contributed by atoms with Crippen LogP contribution in [0.1, 0.15) is 31.9 Å². The van der Waals surface area contributed by atoms with Crippen LogP contribution in [0.5, 0.6) is 5.75 Å². The number of carboxylic acid groups (broad SMARTS) is 1. The van der Waals surface area contributed by atoms with Gasteiger partial charge >= 0.3 is 12.0 Å². The molecule has 1 aromatic rings. The third-order valence-corrected chi connectivity index (χ3v) is 3.25. The van der Waals surface area contributed by atoms with Gasteiger partial charge in [-0.05, 0) is 31.0 Å². The fourth-order valence-corrected chi connectivity index (χ4v) is 1.75. The van der Waals surface area contributed by atoms with E-state index in [1.807, 2.05) is 31.2 Å². The number of nitrogens with one attached hydrogen (secondary N) is 2. The molecular formula is C15H22N2O4. The van der Waals surface area contributed by atoms with Crippen LogP contribution < -0.4 is 15.4 Å². The molecule has 6 nitrogen and oxygen atoms in total. The standard InChI is InChI=1S/C15H22N2O4/c1-10(14(18)19)8-9-16-15(20)17-11(2)12-4-6-13(21-3)7-5-12/h4-7,10-11H,8-9H2,1-3H3,(H,18,19)(H2,16,17,20). The maximum absolute atomic E-state index is 11.7. The van der Waals surface area contributed by atoms with Gasteiger partial charge in [0.05, 0.1) is 19.1 Å². The maximum atomic E-state index is 11.7. The molecular weight excluding hydrogens is 272 g/mol. The maximum Gasteiger partial charge on any atom is 0.315 e. The number of hydrogen-bond acceptors (Lipinski definition) is 3. The van der Waals surface area contributed by atoms with Gasteiger partial charge in [0.25, 0.3) is 0 Å². The zero-order chi connectivity index (χ0) is 15.8. The number of urea groups is 1. The summed E-state index contributed by atoms with van der Waals surface area (Å²) in [7, 11) is 1.60. The zero-order valence-corrected chi connectivity index (χ0v) is 12.6. The van der Waals surface area contributed by atoms with Crippen molar-refractivity contribution >= 4 is 12.0 Å². The third kappa shape index (κ3) is 5.72. The minimum atomic E-state index is -0.858. The Labute approximate surface area is 124 Å². The van der Waals surface area contributed by atoms with Crippen LogP contribution in [0.2, 0.25) is 0 Å². The molecule has 0 aliphatic carbocycles. The zero-order valence-electron chi connectivity index (χ0n) is 12.6. The van der Waals surface area contributed by atoms with E-state index in [0.717, 1.165) is 11.3 Å². The van der Waals surface area contributed by atoms with Crippen LogP contribution in [0.3, 0.4) is 0 Å². The minimum absolute atomic E-state index is 0.146. The average Bonchev–Trinajstić information content (AvgIpc) is 2.46. The highest BCUT2D eigenvalue weighted by Crippen LogP contribution is 2.16. The van der Waals surface area contributed by atoms with E-state index in [1.165, 1.54) is 0 Å². The highest BCUT2D eigenvalue weighted by molar-refractivity contribution is 5.74. The van der Waals surface area contributed by atoms with Gasteiger partial charge in [0.2, 0.25) is 0 Å². The van der Waals surface area contributed by atoms with Crippen molar-refractivity contribution in [3.8, 4) is 5.75 Å². The lowest BCUT2D eigenvalue weighted by molar-refractivity contribution is -0.141. The van der Waals surface area contributed by atoms with Gasteiger partial charge in [-0.3, -0.25) is 4.79 Å². The van der Waals surface area contributed by atoms with Crippen molar-refractivity contribution in [3.63, 3.8) is 0 Å². The number of amides is 2. The Hall–Kier alpha value is -2.24. The lowest BCUT2D eigenvalue weighted by atomic mass is 10.1. The number of ether oxygens (including phenoxy) is 1. The Morgan fingerprint density at radius 1 is 1.24 bits per heavy atom. The molecule has 2 atom stereocenters. The van der Waals surface area contributed by atoms with Crippen molar-refractivity contribution in [2.75, 3.05) is 13.7 Å². The van der Waals surface area contributed by atoms with Crippen LogP contribution in [0.25, 0.3) is 0 Å². The van der Waals surface area contributed by atoms with Crippen LogP contribution in [-0.2, 0) is 4.79 Å². The van der Waals surface area contributed by atoms with Crippen LogP contribution in [0.15, 0.2) is 24.3 Å². The molecule has 0 radical (unpaired) electrons. The highest BCUT2D eigenvalue weighted by atomic mass is 16.5. The quantitative estimate of drug-likeness (QED) is 0.719. The largest absolute Gasteiger partial charge is 0.497 e. The van der Waals surface area contributed by atoms with Crippen LogP contribution in [0, 0.1) is 5.92 Å². The van der Waals surface area contributed by atoms with E-state index < -0.39 is 11.9 Å². The summed E-state index contributed by atoms with van der Waals surface area (Å²) >= 11 is 0. The summed E-state index contributed by atoms with van der Waals surface area (Å²) in [4.78, 5) is 22.4. The van der Waals surface area contributed by atoms with E-state index in [0.29, 0.717) is 13.0 Å². The number of carboxylic acids is 1. The first-order chi connectivity index (χ1) is 9.93. The van der Waals surface area contributed by atoms with Gasteiger partial charge < -0.3 is 20.5 Å². The number of carbonyl (C=O) groups excluding carboxylic acids is 1. The number of carbonyl (C=O) groups is 2. The van der Waals surface area contributed by atoms with Crippen molar-refractivity contribution < 1.29 is 19.4 Å². The predicted molar refractivity (Wildman–Crippen MR) is 79.4 cm³/mol. The number of aliphatic carboxylic acids is 1. The molecule has 21 heavy (non-hydrogen) atoms. The molecule has 1 aromatic carbocycles. The SMILES string of the molecule is COc1ccc(C(C)NC(=O)NCCC(C)C(=O)O)cc1. The lowest BCUT2D eigenvalue weighted by Crippen LogP contribution is -2.38. The van der Waals surface area contributed by atoms with E-state index in [9.17, 15) is 9.59 Å². The van der Waals surface area contributed by atoms with E-state index >= 15 is 0 Å². The van der Waals surface area contributed by atoms with Crippen molar-refractivity contribution in [3.05, 3.63) is 29.8 Å². The Balaban J connectivity index is 2.37. The molecule has 116 valence electrons. The fourth-order valence-electron chi connectivity index (χ4n) is 1.75. The summed E-state index contributed by atoms with van der Waals surface area (Å²) in [6.07, 6.45) is 0.402. The lowest BCUT2D eigenvalue weighted by Gasteiger charge is -2.16. The van der Waals surface area contributed by atoms with Crippen LogP contribution in [-0.4, -0.2) is 30.8 Å². The van der Waals surface area contributed by atoms with Gasteiger partial charge in [-0.15, -0.1) is 0 Å². The first-order valence-electron chi connectivity index (χ1n) is 6.85. The number of hydrogen-bond donors (Lipinski definition) is 3. The van der Waals surface area contributed by atoms with E-state index in [-0.39, 0.29) is 12.1 Å². The molecule has 0 heterocycles. The first kappa shape index (κ1) is 16.8. The van der Waals surface area contributed by atoms with Gasteiger partial charge in [0, 0.05) is 6.54 Å². The van der Waals surface area contributed by atoms with Gasteiger partial charge in [-0.25, -0.2) is 4.79 Å². The van der Waals surface area contributed by atoms with E-state index in [2.05, 4.69) is 10.6 Å². The molecule has 0 aromatic heterocycles. The van der Waals surface area contributed by atoms with Gasteiger partial charge in [0.15, 0.2) is 0 Å². The van der Waals surface area contributed by atoms with Crippen molar-refractivity contribution in [2.24, 2.45) is 5.92 Å². The normalized spacial score (nSPS) is 13.1. The van der Waals surface area contributed by atoms with E-state index in [1.54, 1.807) is 14.0 Å². The van der Waals surface area contributed by atoms with Crippen molar-refractivity contribution in [1.82, 2.24) is 10.6 Å². The van der Waals surface area contributed by atoms with Crippen LogP contribution >= 0.6 is 0 Å². The van der Waals surface area contributed by atoms with Crippen LogP contribution in [0.4, 0.5) is 4.79 Å². The Kier molecular flexibility index (Phi) is 6.52. The number of benzene rings is 1. The second kappa shape index (κ2) is 8.14. The number of methoxy groups -OCH3 is 1. The molecule has 0 fully saturated rings. The molecule has 1 rings (SSSR count). The predicted octanol–water partition coefficient (Wildman–Crippen LogP) is 2.17. The topological polar surface area (TPSA) is 87.7 Å². The summed E-state index contributed by atoms with van der Waals surface area (Å²) in [5.41, 5.74) is 0.963. The van der Waals surface area contributed by atoms with Gasteiger partial charge in [-0.1, -0.05) is 19.1 Å².